The average Bonchev–Trinajstić information content (AvgIpc) is 3.65. The molecule has 220 valence electrons. The molecule has 0 N–H and O–H groups in total. The summed E-state index contributed by atoms with van der Waals surface area (Å²) < 4.78 is 13.6. The quantitative estimate of drug-likeness (QED) is 0.118. The molecular formula is C35H28N2O5S2. The van der Waals surface area contributed by atoms with E-state index in [0.29, 0.717) is 37.7 Å². The summed E-state index contributed by atoms with van der Waals surface area (Å²) >= 11 is 2.85. The van der Waals surface area contributed by atoms with Crippen LogP contribution < -0.4 is 14.9 Å². The molecule has 1 unspecified atom stereocenters. The number of hydrogen-bond acceptors (Lipinski definition) is 8. The van der Waals surface area contributed by atoms with Crippen molar-refractivity contribution in [2.24, 2.45) is 4.99 Å². The van der Waals surface area contributed by atoms with Gasteiger partial charge in [-0.2, -0.15) is 0 Å². The van der Waals surface area contributed by atoms with Gasteiger partial charge in [0.05, 0.1) is 28.5 Å². The van der Waals surface area contributed by atoms with Gasteiger partial charge in [-0.1, -0.05) is 78.1 Å². The molecule has 0 bridgehead atoms. The van der Waals surface area contributed by atoms with Gasteiger partial charge in [-0.25, -0.2) is 9.79 Å². The maximum absolute atomic E-state index is 14.1. The minimum atomic E-state index is -0.745. The molecule has 3 heterocycles. The summed E-state index contributed by atoms with van der Waals surface area (Å²) in [6.45, 7) is 3.47. The second-order valence-electron chi connectivity index (χ2n) is 10.0. The molecule has 0 saturated carbocycles. The number of nitrogens with zero attached hydrogens (tertiary/aromatic N) is 2. The van der Waals surface area contributed by atoms with Crippen LogP contribution in [0.4, 0.5) is 0 Å². The molecule has 7 nitrogen and oxygen atoms in total. The maximum atomic E-state index is 14.1. The fourth-order valence-corrected chi connectivity index (χ4v) is 6.52. The molecule has 6 rings (SSSR count). The number of benzene rings is 3. The monoisotopic (exact) mass is 620 g/mol. The molecule has 0 saturated heterocycles. The number of ketones is 1. The Balaban J connectivity index is 1.52. The van der Waals surface area contributed by atoms with Gasteiger partial charge in [0.15, 0.2) is 10.6 Å². The second-order valence-corrected chi connectivity index (χ2v) is 11.9. The lowest BCUT2D eigenvalue weighted by molar-refractivity contribution is -0.138. The van der Waals surface area contributed by atoms with Crippen molar-refractivity contribution in [3.05, 3.63) is 139 Å². The molecule has 5 aromatic rings. The third-order valence-electron chi connectivity index (χ3n) is 7.28. The van der Waals surface area contributed by atoms with Crippen LogP contribution in [0, 0.1) is 0 Å². The van der Waals surface area contributed by atoms with Crippen LogP contribution >= 0.6 is 23.1 Å². The molecule has 1 aliphatic rings. The van der Waals surface area contributed by atoms with Gasteiger partial charge >= 0.3 is 5.97 Å². The summed E-state index contributed by atoms with van der Waals surface area (Å²) in [5.41, 5.74) is 3.47. The first-order valence-corrected chi connectivity index (χ1v) is 16.1. The Morgan fingerprint density at radius 3 is 2.36 bits per heavy atom. The molecule has 0 radical (unpaired) electrons. The molecule has 3 aromatic carbocycles. The van der Waals surface area contributed by atoms with Gasteiger partial charge in [0.2, 0.25) is 0 Å². The van der Waals surface area contributed by atoms with E-state index in [2.05, 4.69) is 0 Å². The maximum Gasteiger partial charge on any atom is 0.338 e. The van der Waals surface area contributed by atoms with E-state index in [4.69, 9.17) is 14.1 Å². The number of Topliss-reactive ketones (excluding diaryl/α,β-unsaturated/α-hetero) is 1. The summed E-state index contributed by atoms with van der Waals surface area (Å²) in [6, 6.07) is 27.4. The highest BCUT2D eigenvalue weighted by Crippen LogP contribution is 2.35. The minimum Gasteiger partial charge on any atom is -0.463 e. The number of carbonyl (C=O) groups excluding carboxylic acids is 2. The van der Waals surface area contributed by atoms with Crippen LogP contribution in [0.5, 0.6) is 0 Å². The van der Waals surface area contributed by atoms with Crippen LogP contribution in [0.3, 0.4) is 0 Å². The van der Waals surface area contributed by atoms with E-state index >= 15 is 0 Å². The van der Waals surface area contributed by atoms with Crippen molar-refractivity contribution < 1.29 is 18.7 Å². The third-order valence-corrected chi connectivity index (χ3v) is 9.01. The first kappa shape index (κ1) is 29.3. The predicted molar refractivity (Wildman–Crippen MR) is 173 cm³/mol. The van der Waals surface area contributed by atoms with Crippen LogP contribution in [0.25, 0.3) is 23.1 Å². The molecule has 0 amide bonds. The standard InChI is InChI=1S/C35H28N2O5S2/c1-4-41-34(40)30-31(24-8-6-5-7-9-24)36-35-37(32(30)25-14-17-27(43-3)18-15-25)33(39)29(44-35)20-26-16-19-28(42-26)23-12-10-22(11-13-23)21(2)38/h5-20,32H,4H2,1-3H3/b29-20+. The van der Waals surface area contributed by atoms with Crippen LogP contribution in [0.1, 0.15) is 47.1 Å². The van der Waals surface area contributed by atoms with Crippen molar-refractivity contribution in [2.75, 3.05) is 12.9 Å². The van der Waals surface area contributed by atoms with Gasteiger partial charge in [-0.05, 0) is 49.9 Å². The Hall–Kier alpha value is -4.73. The lowest BCUT2D eigenvalue weighted by atomic mass is 9.93. The molecule has 44 heavy (non-hydrogen) atoms. The van der Waals surface area contributed by atoms with Gasteiger partial charge in [-0.15, -0.1) is 11.8 Å². The Morgan fingerprint density at radius 2 is 1.70 bits per heavy atom. The lowest BCUT2D eigenvalue weighted by Crippen LogP contribution is -2.40. The van der Waals surface area contributed by atoms with Crippen LogP contribution in [0.2, 0.25) is 0 Å². The number of hydrogen-bond donors (Lipinski definition) is 0. The zero-order chi connectivity index (χ0) is 30.8. The van der Waals surface area contributed by atoms with E-state index in [1.807, 2.05) is 79.1 Å². The first-order chi connectivity index (χ1) is 21.4. The van der Waals surface area contributed by atoms with Gasteiger partial charge in [0.25, 0.3) is 5.56 Å². The van der Waals surface area contributed by atoms with Crippen molar-refractivity contribution >= 4 is 46.6 Å². The molecule has 1 aliphatic heterocycles. The van der Waals surface area contributed by atoms with E-state index < -0.39 is 12.0 Å². The number of carbonyl (C=O) groups is 2. The fraction of sp³-hybridized carbons (Fsp3) is 0.143. The van der Waals surface area contributed by atoms with Gasteiger partial charge in [0.1, 0.15) is 11.5 Å². The van der Waals surface area contributed by atoms with E-state index in [1.165, 1.54) is 18.3 Å². The van der Waals surface area contributed by atoms with Crippen LogP contribution in [0.15, 0.2) is 116 Å². The zero-order valence-corrected chi connectivity index (χ0v) is 25.9. The van der Waals surface area contributed by atoms with Gasteiger partial charge < -0.3 is 9.15 Å². The number of rotatable bonds is 8. The summed E-state index contributed by atoms with van der Waals surface area (Å²) in [7, 11) is 0. The lowest BCUT2D eigenvalue weighted by Gasteiger charge is -2.26. The largest absolute Gasteiger partial charge is 0.463 e. The number of ether oxygens (including phenoxy) is 1. The minimum absolute atomic E-state index is 0.00732. The molecule has 9 heteroatoms. The molecule has 0 spiro atoms. The summed E-state index contributed by atoms with van der Waals surface area (Å²) in [5.74, 6) is 0.582. The molecule has 1 atom stereocenters. The van der Waals surface area contributed by atoms with Gasteiger partial charge in [-0.3, -0.25) is 14.2 Å². The second kappa shape index (κ2) is 12.5. The smallest absolute Gasteiger partial charge is 0.338 e. The number of thiazole rings is 1. The highest BCUT2D eigenvalue weighted by Gasteiger charge is 2.35. The molecule has 0 aliphatic carbocycles. The van der Waals surface area contributed by atoms with Crippen LogP contribution in [-0.2, 0) is 9.53 Å². The average molecular weight is 621 g/mol. The van der Waals surface area contributed by atoms with Crippen molar-refractivity contribution in [1.82, 2.24) is 4.57 Å². The summed E-state index contributed by atoms with van der Waals surface area (Å²) in [6.07, 6.45) is 3.69. The van der Waals surface area contributed by atoms with E-state index in [0.717, 1.165) is 21.6 Å². The van der Waals surface area contributed by atoms with Crippen molar-refractivity contribution in [3.63, 3.8) is 0 Å². The number of esters is 1. The summed E-state index contributed by atoms with van der Waals surface area (Å²) in [5, 5.41) is 0. The van der Waals surface area contributed by atoms with Crippen LogP contribution in [-0.4, -0.2) is 29.2 Å². The van der Waals surface area contributed by atoms with E-state index in [-0.39, 0.29) is 17.9 Å². The normalized spacial score (nSPS) is 14.7. The zero-order valence-electron chi connectivity index (χ0n) is 24.3. The van der Waals surface area contributed by atoms with E-state index in [1.54, 1.807) is 47.5 Å². The number of aromatic nitrogens is 1. The molecule has 2 aromatic heterocycles. The topological polar surface area (TPSA) is 90.9 Å². The van der Waals surface area contributed by atoms with Gasteiger partial charge in [0, 0.05) is 27.7 Å². The van der Waals surface area contributed by atoms with Crippen molar-refractivity contribution in [1.29, 1.82) is 0 Å². The van der Waals surface area contributed by atoms with E-state index in [9.17, 15) is 14.4 Å². The fourth-order valence-electron chi connectivity index (χ4n) is 5.13. The number of furan rings is 1. The molecule has 0 fully saturated rings. The number of thioether (sulfide) groups is 1. The Morgan fingerprint density at radius 1 is 0.977 bits per heavy atom. The Kier molecular flexibility index (Phi) is 8.32. The predicted octanol–water partition coefficient (Wildman–Crippen LogP) is 6.12. The first-order valence-electron chi connectivity index (χ1n) is 14.0. The van der Waals surface area contributed by atoms with Crippen molar-refractivity contribution in [3.8, 4) is 11.3 Å². The third kappa shape index (κ3) is 5.64. The highest BCUT2D eigenvalue weighted by molar-refractivity contribution is 7.98. The van der Waals surface area contributed by atoms with Crippen molar-refractivity contribution in [2.45, 2.75) is 24.8 Å². The SMILES string of the molecule is CCOC(=O)C1=C(c2ccccc2)N=c2s/c(=C/c3ccc(-c4ccc(C(C)=O)cc4)o3)c(=O)n2C1c1ccc(SC)cc1. The Labute approximate surface area is 261 Å². The molecular weight excluding hydrogens is 593 g/mol. The highest BCUT2D eigenvalue weighted by atomic mass is 32.2. The number of fused-ring (bicyclic) bond motifs is 1. The summed E-state index contributed by atoms with van der Waals surface area (Å²) in [4.78, 5) is 45.8. The Bertz CT molecular complexity index is 2070.